The monoisotopic (exact) mass is 432 g/mol. The third kappa shape index (κ3) is 5.03. The highest BCUT2D eigenvalue weighted by Crippen LogP contribution is 2.17. The average molecular weight is 432 g/mol. The van der Waals surface area contributed by atoms with Gasteiger partial charge in [-0.3, -0.25) is 9.48 Å². The molecular formula is C16H16N8O3S2. The Morgan fingerprint density at radius 2 is 1.79 bits per heavy atom. The van der Waals surface area contributed by atoms with Gasteiger partial charge in [-0.25, -0.2) is 23.1 Å². The average Bonchev–Trinajstić information content (AvgIpc) is 3.03. The number of sulfonamides is 1. The van der Waals surface area contributed by atoms with Crippen LogP contribution < -0.4 is 21.1 Å². The fourth-order valence-electron chi connectivity index (χ4n) is 2.29. The normalized spacial score (nSPS) is 10.9. The van der Waals surface area contributed by atoms with E-state index in [1.54, 1.807) is 19.3 Å². The predicted octanol–water partition coefficient (Wildman–Crippen LogP) is 0.919. The zero-order valence-electron chi connectivity index (χ0n) is 15.0. The minimum absolute atomic E-state index is 0.0256. The summed E-state index contributed by atoms with van der Waals surface area (Å²) in [6.07, 6.45) is 4.41. The van der Waals surface area contributed by atoms with E-state index in [-0.39, 0.29) is 21.7 Å². The largest absolute Gasteiger partial charge is 0.364 e. The van der Waals surface area contributed by atoms with Crippen molar-refractivity contribution in [1.82, 2.24) is 19.7 Å². The summed E-state index contributed by atoms with van der Waals surface area (Å²) in [5.41, 5.74) is 6.21. The Kier molecular flexibility index (Phi) is 5.70. The lowest BCUT2D eigenvalue weighted by Gasteiger charge is -2.11. The molecule has 29 heavy (non-hydrogen) atoms. The zero-order valence-corrected chi connectivity index (χ0v) is 16.7. The Morgan fingerprint density at radius 1 is 1.14 bits per heavy atom. The SMILES string of the molecule is Cn1cc(NC(=S)Nc2ccc(S(=O)(=O)Nc3ncccn3)cc2)c(C(N)=O)n1. The summed E-state index contributed by atoms with van der Waals surface area (Å²) in [6, 6.07) is 7.44. The topological polar surface area (TPSA) is 157 Å². The molecule has 3 aromatic rings. The van der Waals surface area contributed by atoms with Gasteiger partial charge in [0.05, 0.1) is 10.6 Å². The first-order chi connectivity index (χ1) is 13.7. The number of rotatable bonds is 6. The second-order valence-electron chi connectivity index (χ2n) is 5.71. The van der Waals surface area contributed by atoms with Crippen LogP contribution in [-0.2, 0) is 17.1 Å². The van der Waals surface area contributed by atoms with Crippen molar-refractivity contribution in [2.45, 2.75) is 4.90 Å². The van der Waals surface area contributed by atoms with Crippen molar-refractivity contribution >= 4 is 50.6 Å². The van der Waals surface area contributed by atoms with E-state index in [0.717, 1.165) is 0 Å². The Balaban J connectivity index is 1.67. The summed E-state index contributed by atoms with van der Waals surface area (Å²) >= 11 is 5.21. The quantitative estimate of drug-likeness (QED) is 0.416. The number of carbonyl (C=O) groups excluding carboxylic acids is 1. The number of hydrogen-bond acceptors (Lipinski definition) is 7. The number of carbonyl (C=O) groups is 1. The van der Waals surface area contributed by atoms with Crippen LogP contribution in [0.1, 0.15) is 10.5 Å². The molecule has 0 spiro atoms. The molecule has 0 aliphatic carbocycles. The lowest BCUT2D eigenvalue weighted by atomic mass is 10.3. The molecule has 0 aliphatic rings. The Morgan fingerprint density at radius 3 is 2.41 bits per heavy atom. The van der Waals surface area contributed by atoms with Crippen LogP contribution in [0.5, 0.6) is 0 Å². The number of amides is 1. The smallest absolute Gasteiger partial charge is 0.271 e. The number of nitrogens with zero attached hydrogens (tertiary/aromatic N) is 4. The second-order valence-corrected chi connectivity index (χ2v) is 7.80. The minimum atomic E-state index is -3.83. The van der Waals surface area contributed by atoms with Crippen LogP contribution in [0, 0.1) is 0 Å². The van der Waals surface area contributed by atoms with Crippen molar-refractivity contribution in [3.05, 3.63) is 54.6 Å². The molecule has 2 aromatic heterocycles. The maximum absolute atomic E-state index is 12.4. The van der Waals surface area contributed by atoms with Crippen LogP contribution in [-0.4, -0.2) is 39.2 Å². The molecule has 0 fully saturated rings. The Bertz CT molecular complexity index is 1140. The molecule has 150 valence electrons. The molecule has 1 amide bonds. The first kappa shape index (κ1) is 20.2. The standard InChI is InChI=1S/C16H16N8O3S2/c1-24-9-12(13(22-24)14(17)25)21-16(28)20-10-3-5-11(6-4-10)29(26,27)23-15-18-7-2-8-19-15/h2-9H,1H3,(H2,17,25)(H,18,19,23)(H2,20,21,28). The van der Waals surface area contributed by atoms with Crippen molar-refractivity contribution in [3.63, 3.8) is 0 Å². The molecule has 3 rings (SSSR count). The van der Waals surface area contributed by atoms with E-state index in [1.165, 1.54) is 41.3 Å². The number of primary amides is 1. The van der Waals surface area contributed by atoms with E-state index in [1.807, 2.05) is 0 Å². The third-order valence-corrected chi connectivity index (χ3v) is 5.07. The number of nitrogens with two attached hydrogens (primary N) is 1. The Hall–Kier alpha value is -3.58. The molecule has 0 saturated heterocycles. The van der Waals surface area contributed by atoms with Gasteiger partial charge in [0.1, 0.15) is 0 Å². The first-order valence-electron chi connectivity index (χ1n) is 8.06. The number of aryl methyl sites for hydroxylation is 1. The van der Waals surface area contributed by atoms with Gasteiger partial charge in [-0.1, -0.05) is 0 Å². The molecule has 0 aliphatic heterocycles. The van der Waals surface area contributed by atoms with E-state index in [0.29, 0.717) is 11.4 Å². The van der Waals surface area contributed by atoms with Crippen LogP contribution in [0.4, 0.5) is 17.3 Å². The van der Waals surface area contributed by atoms with Crippen molar-refractivity contribution in [2.24, 2.45) is 12.8 Å². The molecular weight excluding hydrogens is 416 g/mol. The molecule has 0 unspecified atom stereocenters. The van der Waals surface area contributed by atoms with Crippen molar-refractivity contribution < 1.29 is 13.2 Å². The highest BCUT2D eigenvalue weighted by molar-refractivity contribution is 7.92. The van der Waals surface area contributed by atoms with Gasteiger partial charge in [-0.05, 0) is 42.5 Å². The molecule has 0 bridgehead atoms. The molecule has 0 saturated carbocycles. The van der Waals surface area contributed by atoms with Crippen molar-refractivity contribution in [1.29, 1.82) is 0 Å². The van der Waals surface area contributed by atoms with E-state index in [4.69, 9.17) is 18.0 Å². The number of thiocarbonyl (C=S) groups is 1. The molecule has 5 N–H and O–H groups in total. The van der Waals surface area contributed by atoms with Crippen LogP contribution in [0.3, 0.4) is 0 Å². The fraction of sp³-hybridized carbons (Fsp3) is 0.0625. The second kappa shape index (κ2) is 8.20. The number of aromatic nitrogens is 4. The van der Waals surface area contributed by atoms with Gasteiger partial charge in [-0.15, -0.1) is 0 Å². The summed E-state index contributed by atoms with van der Waals surface area (Å²) in [7, 11) is -2.19. The number of benzene rings is 1. The molecule has 11 nitrogen and oxygen atoms in total. The predicted molar refractivity (Wildman–Crippen MR) is 111 cm³/mol. The highest BCUT2D eigenvalue weighted by atomic mass is 32.2. The van der Waals surface area contributed by atoms with E-state index >= 15 is 0 Å². The van der Waals surface area contributed by atoms with E-state index < -0.39 is 15.9 Å². The summed E-state index contributed by atoms with van der Waals surface area (Å²) in [5.74, 6) is -0.720. The molecule has 0 radical (unpaired) electrons. The van der Waals surface area contributed by atoms with Gasteiger partial charge in [0.2, 0.25) is 5.95 Å². The third-order valence-electron chi connectivity index (χ3n) is 3.52. The lowest BCUT2D eigenvalue weighted by Crippen LogP contribution is -2.22. The van der Waals surface area contributed by atoms with Gasteiger partial charge < -0.3 is 16.4 Å². The summed E-state index contributed by atoms with van der Waals surface area (Å²) in [6.45, 7) is 0. The van der Waals surface area contributed by atoms with Gasteiger partial charge in [0, 0.05) is 31.3 Å². The van der Waals surface area contributed by atoms with Gasteiger partial charge >= 0.3 is 0 Å². The van der Waals surface area contributed by atoms with Gasteiger partial charge in [0.25, 0.3) is 15.9 Å². The summed E-state index contributed by atoms with van der Waals surface area (Å²) in [4.78, 5) is 19.1. The lowest BCUT2D eigenvalue weighted by molar-refractivity contribution is 0.0995. The van der Waals surface area contributed by atoms with E-state index in [2.05, 4.69) is 30.4 Å². The number of hydrogen-bond donors (Lipinski definition) is 4. The first-order valence-corrected chi connectivity index (χ1v) is 9.95. The summed E-state index contributed by atoms with van der Waals surface area (Å²) < 4.78 is 28.5. The van der Waals surface area contributed by atoms with Crippen LogP contribution in [0.25, 0.3) is 0 Å². The maximum atomic E-state index is 12.4. The maximum Gasteiger partial charge on any atom is 0.271 e. The fourth-order valence-corrected chi connectivity index (χ4v) is 3.48. The van der Waals surface area contributed by atoms with Crippen LogP contribution in [0.2, 0.25) is 0 Å². The van der Waals surface area contributed by atoms with Crippen LogP contribution >= 0.6 is 12.2 Å². The van der Waals surface area contributed by atoms with Gasteiger partial charge in [0.15, 0.2) is 10.8 Å². The molecule has 1 aromatic carbocycles. The van der Waals surface area contributed by atoms with Crippen molar-refractivity contribution in [2.75, 3.05) is 15.4 Å². The molecule has 2 heterocycles. The zero-order chi connectivity index (χ0) is 21.0. The Labute approximate surface area is 171 Å². The van der Waals surface area contributed by atoms with Crippen LogP contribution in [0.15, 0.2) is 53.8 Å². The van der Waals surface area contributed by atoms with Crippen molar-refractivity contribution in [3.8, 4) is 0 Å². The summed E-state index contributed by atoms with van der Waals surface area (Å²) in [5, 5.41) is 9.84. The van der Waals surface area contributed by atoms with E-state index in [9.17, 15) is 13.2 Å². The molecule has 0 atom stereocenters. The van der Waals surface area contributed by atoms with Gasteiger partial charge in [-0.2, -0.15) is 5.10 Å². The number of nitrogens with one attached hydrogen (secondary N) is 3. The highest BCUT2D eigenvalue weighted by Gasteiger charge is 2.16. The molecule has 13 heteroatoms. The minimum Gasteiger partial charge on any atom is -0.364 e. The number of anilines is 3.